The van der Waals surface area contributed by atoms with Crippen molar-refractivity contribution >= 4 is 32.7 Å². The van der Waals surface area contributed by atoms with Gasteiger partial charge in [0.25, 0.3) is 0 Å². The fraction of sp³-hybridized carbons (Fsp3) is 0.500. The Hall–Kier alpha value is -1.29. The molecule has 6 N–H and O–H groups in total. The average molecular weight is 346 g/mol. The minimum atomic E-state index is -1.19. The molecule has 2 aromatic rings. The third-order valence-electron chi connectivity index (χ3n) is 3.24. The van der Waals surface area contributed by atoms with Crippen molar-refractivity contribution in [3.05, 3.63) is 10.5 Å². The van der Waals surface area contributed by atoms with E-state index in [2.05, 4.69) is 30.5 Å². The van der Waals surface area contributed by atoms with E-state index >= 15 is 0 Å². The Morgan fingerprint density at radius 3 is 2.85 bits per heavy atom. The first-order valence-corrected chi connectivity index (χ1v) is 6.73. The first-order valence-electron chi connectivity index (χ1n) is 5.87. The van der Waals surface area contributed by atoms with Crippen molar-refractivity contribution in [1.82, 2.24) is 19.5 Å². The summed E-state index contributed by atoms with van der Waals surface area (Å²) in [6.07, 6.45) is -2.68. The Morgan fingerprint density at radius 1 is 1.45 bits per heavy atom. The average Bonchev–Trinajstić information content (AvgIpc) is 2.93. The van der Waals surface area contributed by atoms with Gasteiger partial charge >= 0.3 is 120 Å². The van der Waals surface area contributed by atoms with Gasteiger partial charge in [0.05, 0.1) is 0 Å². The number of aliphatic hydroxyl groups excluding tert-OH is 3. The van der Waals surface area contributed by atoms with Crippen molar-refractivity contribution in [3.8, 4) is 0 Å². The predicted octanol–water partition coefficient (Wildman–Crippen LogP) is -2.35. The molecular weight excluding hydrogens is 333 g/mol. The number of nitrogens with two attached hydrogens (primary N) is 1. The van der Waals surface area contributed by atoms with Crippen LogP contribution in [-0.2, 0) is 4.74 Å². The predicted molar refractivity (Wildman–Crippen MR) is 68.3 cm³/mol. The van der Waals surface area contributed by atoms with E-state index < -0.39 is 31.1 Å². The van der Waals surface area contributed by atoms with Crippen molar-refractivity contribution in [2.75, 3.05) is 12.3 Å². The Labute approximate surface area is 120 Å². The summed E-state index contributed by atoms with van der Waals surface area (Å²) in [5, 5.41) is 28.9. The van der Waals surface area contributed by atoms with Crippen LogP contribution >= 0.6 is 0 Å². The molecule has 2 unspecified atom stereocenters. The van der Waals surface area contributed by atoms with E-state index in [1.807, 2.05) is 0 Å². The van der Waals surface area contributed by atoms with Crippen molar-refractivity contribution in [2.45, 2.75) is 24.5 Å². The van der Waals surface area contributed by atoms with Crippen LogP contribution in [-0.4, -0.2) is 75.3 Å². The van der Waals surface area contributed by atoms with Gasteiger partial charge in [-0.05, 0) is 0 Å². The maximum atomic E-state index is 10.0. The standard InChI is InChI=1S/C10H13N5O4Se/c11-10-13-7-4(8(20)14-10)12-2-15(7)9-6(18)5(17)3(1-16)19-9/h2-3,5-6,9,16-18H,1H2,(H3,11,13,14,20)/t3-,5?,6?,9-/m1/s1. The summed E-state index contributed by atoms with van der Waals surface area (Å²) < 4.78 is 7.52. The monoisotopic (exact) mass is 347 g/mol. The summed E-state index contributed by atoms with van der Waals surface area (Å²) in [6.45, 7) is -0.391. The molecule has 1 saturated heterocycles. The number of hydrogen-bond acceptors (Lipinski definition) is 7. The molecule has 9 nitrogen and oxygen atoms in total. The summed E-state index contributed by atoms with van der Waals surface area (Å²) in [7, 11) is 0. The Morgan fingerprint density at radius 2 is 2.20 bits per heavy atom. The number of nitrogen functional groups attached to an aromatic ring is 1. The molecule has 108 valence electrons. The zero-order chi connectivity index (χ0) is 14.4. The number of H-pyrrole nitrogens is 1. The summed E-state index contributed by atoms with van der Waals surface area (Å²) >= 11 is 2.79. The topological polar surface area (TPSA) is 142 Å². The van der Waals surface area contributed by atoms with Gasteiger partial charge in [-0.3, -0.25) is 0 Å². The number of rotatable bonds is 2. The molecule has 20 heavy (non-hydrogen) atoms. The maximum absolute atomic E-state index is 10.0. The van der Waals surface area contributed by atoms with Crippen LogP contribution in [0.5, 0.6) is 0 Å². The number of aliphatic hydroxyl groups is 3. The molecule has 0 radical (unpaired) electrons. The molecule has 3 heterocycles. The number of nitrogens with zero attached hydrogens (tertiary/aromatic N) is 3. The molecule has 4 atom stereocenters. The number of anilines is 1. The minimum absolute atomic E-state index is 0.180. The molecule has 10 heteroatoms. The zero-order valence-corrected chi connectivity index (χ0v) is 11.9. The van der Waals surface area contributed by atoms with Gasteiger partial charge in [0.15, 0.2) is 0 Å². The summed E-state index contributed by atoms with van der Waals surface area (Å²) in [4.78, 5) is 11.1. The summed E-state index contributed by atoms with van der Waals surface area (Å²) in [5.41, 5.74) is 6.59. The van der Waals surface area contributed by atoms with Crippen LogP contribution in [0, 0.1) is 4.19 Å². The SMILES string of the molecule is Nc1nc2c(ncn2[C@@H]2O[C@H](CO)C(O)C2O)c(=[Se])[nH]1. The van der Waals surface area contributed by atoms with Crippen LogP contribution in [0.2, 0.25) is 0 Å². The van der Waals surface area contributed by atoms with Crippen LogP contribution in [0.1, 0.15) is 6.23 Å². The number of nitrogens with one attached hydrogen (secondary N) is 1. The van der Waals surface area contributed by atoms with Crippen LogP contribution in [0.15, 0.2) is 6.33 Å². The summed E-state index contributed by atoms with van der Waals surface area (Å²) in [6, 6.07) is 0. The quantitative estimate of drug-likeness (QED) is 0.383. The number of hydrogen-bond donors (Lipinski definition) is 5. The van der Waals surface area contributed by atoms with Gasteiger partial charge in [-0.25, -0.2) is 0 Å². The van der Waals surface area contributed by atoms with Gasteiger partial charge in [0.1, 0.15) is 0 Å². The first kappa shape index (κ1) is 13.7. The van der Waals surface area contributed by atoms with Gasteiger partial charge in [0.2, 0.25) is 0 Å². The van der Waals surface area contributed by atoms with Crippen LogP contribution < -0.4 is 5.73 Å². The van der Waals surface area contributed by atoms with E-state index in [9.17, 15) is 10.2 Å². The molecule has 3 rings (SSSR count). The number of aromatic amines is 1. The van der Waals surface area contributed by atoms with E-state index in [4.69, 9.17) is 15.6 Å². The number of aromatic nitrogens is 4. The second-order valence-corrected chi connectivity index (χ2v) is 5.36. The third kappa shape index (κ3) is 1.97. The first-order chi connectivity index (χ1) is 9.52. The molecule has 1 aliphatic rings. The summed E-state index contributed by atoms with van der Waals surface area (Å²) in [5.74, 6) is 0.180. The molecule has 0 aromatic carbocycles. The Kier molecular flexibility index (Phi) is 3.36. The van der Waals surface area contributed by atoms with E-state index in [0.29, 0.717) is 15.4 Å². The van der Waals surface area contributed by atoms with E-state index in [1.54, 1.807) is 0 Å². The van der Waals surface area contributed by atoms with E-state index in [0.717, 1.165) is 0 Å². The molecule has 1 fully saturated rings. The number of imidazole rings is 1. The van der Waals surface area contributed by atoms with Crippen molar-refractivity contribution < 1.29 is 20.1 Å². The normalized spacial score (nSPS) is 30.1. The van der Waals surface area contributed by atoms with Crippen molar-refractivity contribution in [2.24, 2.45) is 0 Å². The second-order valence-electron chi connectivity index (χ2n) is 4.50. The molecule has 1 aliphatic heterocycles. The van der Waals surface area contributed by atoms with Gasteiger partial charge in [-0.2, -0.15) is 0 Å². The number of ether oxygens (including phenoxy) is 1. The van der Waals surface area contributed by atoms with E-state index in [1.165, 1.54) is 10.9 Å². The second kappa shape index (κ2) is 4.92. The Bertz CT molecular complexity index is 701. The molecule has 0 bridgehead atoms. The van der Waals surface area contributed by atoms with Crippen LogP contribution in [0.25, 0.3) is 11.2 Å². The molecular formula is C10H13N5O4Se. The van der Waals surface area contributed by atoms with Crippen LogP contribution in [0.4, 0.5) is 5.95 Å². The van der Waals surface area contributed by atoms with Crippen molar-refractivity contribution in [3.63, 3.8) is 0 Å². The molecule has 2 aromatic heterocycles. The van der Waals surface area contributed by atoms with Gasteiger partial charge in [-0.15, -0.1) is 0 Å². The van der Waals surface area contributed by atoms with Crippen molar-refractivity contribution in [1.29, 1.82) is 0 Å². The molecule has 0 aliphatic carbocycles. The van der Waals surface area contributed by atoms with Gasteiger partial charge in [-0.1, -0.05) is 0 Å². The van der Waals surface area contributed by atoms with Gasteiger partial charge in [0, 0.05) is 0 Å². The molecule has 0 saturated carbocycles. The zero-order valence-electron chi connectivity index (χ0n) is 10.2. The van der Waals surface area contributed by atoms with E-state index in [-0.39, 0.29) is 5.95 Å². The van der Waals surface area contributed by atoms with Crippen LogP contribution in [0.3, 0.4) is 0 Å². The molecule has 0 spiro atoms. The Balaban J connectivity index is 2.09. The van der Waals surface area contributed by atoms with Gasteiger partial charge < -0.3 is 0 Å². The molecule has 0 amide bonds. The third-order valence-corrected chi connectivity index (χ3v) is 3.86. The number of fused-ring (bicyclic) bond motifs is 1. The fourth-order valence-corrected chi connectivity index (χ4v) is 2.76. The fourth-order valence-electron chi connectivity index (χ4n) is 2.24.